The molecular weight excluding hydrogens is 338 g/mol. The normalized spacial score (nSPS) is 10.3. The van der Waals surface area contributed by atoms with Gasteiger partial charge in [-0.3, -0.25) is 4.79 Å². The molecule has 0 fully saturated rings. The Hall–Kier alpha value is -3.72. The molecule has 2 N–H and O–H groups in total. The van der Waals surface area contributed by atoms with Crippen LogP contribution in [0.2, 0.25) is 0 Å². The van der Waals surface area contributed by atoms with Gasteiger partial charge in [0.1, 0.15) is 0 Å². The first kappa shape index (κ1) is 18.1. The topological polar surface area (TPSA) is 90.7 Å². The van der Waals surface area contributed by atoms with E-state index in [1.807, 2.05) is 24.3 Å². The molecule has 0 bridgehead atoms. The van der Waals surface area contributed by atoms with Crippen molar-refractivity contribution in [2.24, 2.45) is 0 Å². The first-order valence-corrected chi connectivity index (χ1v) is 8.56. The fraction of sp³-hybridized carbons (Fsp3) is 0.143. The number of carbonyl (C=O) groups is 1. The van der Waals surface area contributed by atoms with Gasteiger partial charge in [-0.25, -0.2) is 9.97 Å². The number of anilines is 3. The van der Waals surface area contributed by atoms with Crippen LogP contribution in [0.15, 0.2) is 60.9 Å². The van der Waals surface area contributed by atoms with Gasteiger partial charge in [0.2, 0.25) is 5.95 Å². The summed E-state index contributed by atoms with van der Waals surface area (Å²) in [6.07, 6.45) is 2.96. The second kappa shape index (κ2) is 8.11. The minimum absolute atomic E-state index is 0.311. The van der Waals surface area contributed by atoms with E-state index in [0.29, 0.717) is 28.7 Å². The Bertz CT molecular complexity index is 973. The van der Waals surface area contributed by atoms with E-state index in [4.69, 9.17) is 5.26 Å². The van der Waals surface area contributed by atoms with Gasteiger partial charge in [0.05, 0.1) is 17.2 Å². The van der Waals surface area contributed by atoms with Gasteiger partial charge in [-0.1, -0.05) is 32.0 Å². The summed E-state index contributed by atoms with van der Waals surface area (Å²) in [5, 5.41) is 14.8. The van der Waals surface area contributed by atoms with Crippen molar-refractivity contribution in [2.75, 3.05) is 10.6 Å². The van der Waals surface area contributed by atoms with E-state index in [1.54, 1.807) is 24.3 Å². The summed E-state index contributed by atoms with van der Waals surface area (Å²) in [4.78, 5) is 20.8. The highest BCUT2D eigenvalue weighted by Gasteiger charge is 2.10. The van der Waals surface area contributed by atoms with Gasteiger partial charge < -0.3 is 10.6 Å². The number of amides is 1. The summed E-state index contributed by atoms with van der Waals surface area (Å²) in [7, 11) is 0. The van der Waals surface area contributed by atoms with Crippen molar-refractivity contribution in [3.8, 4) is 6.07 Å². The summed E-state index contributed by atoms with van der Waals surface area (Å²) in [5.74, 6) is 0.484. The summed E-state index contributed by atoms with van der Waals surface area (Å²) in [5.41, 5.74) is 3.61. The Morgan fingerprint density at radius 2 is 1.70 bits per heavy atom. The summed E-state index contributed by atoms with van der Waals surface area (Å²) < 4.78 is 0. The molecule has 1 amide bonds. The number of rotatable bonds is 5. The lowest BCUT2D eigenvalue weighted by atomic mass is 10.0. The molecule has 0 unspecified atom stereocenters. The van der Waals surface area contributed by atoms with Gasteiger partial charge in [0.15, 0.2) is 0 Å². The lowest BCUT2D eigenvalue weighted by molar-refractivity contribution is 0.102. The highest BCUT2D eigenvalue weighted by atomic mass is 16.1. The highest BCUT2D eigenvalue weighted by Crippen LogP contribution is 2.25. The van der Waals surface area contributed by atoms with Crippen LogP contribution in [0.3, 0.4) is 0 Å². The number of benzene rings is 2. The number of nitrogens with zero attached hydrogens (tertiary/aromatic N) is 3. The van der Waals surface area contributed by atoms with Gasteiger partial charge in [-0.05, 0) is 41.8 Å². The quantitative estimate of drug-likeness (QED) is 0.703. The van der Waals surface area contributed by atoms with Crippen LogP contribution in [0.4, 0.5) is 17.3 Å². The van der Waals surface area contributed by atoms with E-state index < -0.39 is 0 Å². The average Bonchev–Trinajstić information content (AvgIpc) is 2.69. The summed E-state index contributed by atoms with van der Waals surface area (Å²) in [6.45, 7) is 4.25. The molecule has 134 valence electrons. The maximum atomic E-state index is 12.3. The maximum absolute atomic E-state index is 12.3. The zero-order valence-electron chi connectivity index (χ0n) is 15.1. The third-order valence-corrected chi connectivity index (χ3v) is 4.02. The van der Waals surface area contributed by atoms with Crippen LogP contribution in [0.25, 0.3) is 0 Å². The number of para-hydroxylation sites is 1. The standard InChI is InChI=1S/C21H19N5O/c1-14(2)18-5-3-4-6-19(18)26-21-23-12-16(13-24-21)20(27)25-17-9-7-15(11-22)8-10-17/h3-10,12-14H,1-2H3,(H,25,27)(H,23,24,26). The molecule has 6 nitrogen and oxygen atoms in total. The predicted octanol–water partition coefficient (Wildman–Crippen LogP) is 4.47. The number of nitrogens with one attached hydrogen (secondary N) is 2. The minimum atomic E-state index is -0.311. The average molecular weight is 357 g/mol. The Labute approximate surface area is 157 Å². The third-order valence-electron chi connectivity index (χ3n) is 4.02. The molecule has 0 atom stereocenters. The molecule has 0 saturated carbocycles. The second-order valence-corrected chi connectivity index (χ2v) is 6.31. The van der Waals surface area contributed by atoms with Crippen LogP contribution in [-0.4, -0.2) is 15.9 Å². The molecule has 27 heavy (non-hydrogen) atoms. The Morgan fingerprint density at radius 3 is 2.33 bits per heavy atom. The van der Waals surface area contributed by atoms with Crippen molar-refractivity contribution >= 4 is 23.2 Å². The molecule has 1 heterocycles. The lowest BCUT2D eigenvalue weighted by Gasteiger charge is -2.13. The monoisotopic (exact) mass is 357 g/mol. The van der Waals surface area contributed by atoms with Gasteiger partial charge >= 0.3 is 0 Å². The molecule has 0 aliphatic rings. The number of hydrogen-bond acceptors (Lipinski definition) is 5. The number of nitriles is 1. The summed E-state index contributed by atoms with van der Waals surface area (Å²) >= 11 is 0. The van der Waals surface area contributed by atoms with E-state index >= 15 is 0 Å². The molecule has 3 aromatic rings. The van der Waals surface area contributed by atoms with Crippen LogP contribution in [-0.2, 0) is 0 Å². The predicted molar refractivity (Wildman–Crippen MR) is 105 cm³/mol. The van der Waals surface area contributed by atoms with Crippen molar-refractivity contribution in [1.29, 1.82) is 5.26 Å². The Kier molecular flexibility index (Phi) is 5.43. The van der Waals surface area contributed by atoms with Gasteiger partial charge in [0.25, 0.3) is 5.91 Å². The fourth-order valence-electron chi connectivity index (χ4n) is 2.58. The first-order chi connectivity index (χ1) is 13.1. The molecule has 0 saturated heterocycles. The van der Waals surface area contributed by atoms with E-state index in [2.05, 4.69) is 40.5 Å². The molecule has 0 aliphatic carbocycles. The van der Waals surface area contributed by atoms with E-state index in [0.717, 1.165) is 5.69 Å². The Balaban J connectivity index is 1.69. The first-order valence-electron chi connectivity index (χ1n) is 8.56. The summed E-state index contributed by atoms with van der Waals surface area (Å²) in [6, 6.07) is 16.7. The molecule has 0 aliphatic heterocycles. The molecule has 0 spiro atoms. The highest BCUT2D eigenvalue weighted by molar-refractivity contribution is 6.03. The zero-order valence-corrected chi connectivity index (χ0v) is 15.1. The maximum Gasteiger partial charge on any atom is 0.258 e. The zero-order chi connectivity index (χ0) is 19.2. The molecular formula is C21H19N5O. The van der Waals surface area contributed by atoms with E-state index in [-0.39, 0.29) is 5.91 Å². The van der Waals surface area contributed by atoms with Gasteiger partial charge in [-0.2, -0.15) is 5.26 Å². The number of carbonyl (C=O) groups excluding carboxylic acids is 1. The van der Waals surface area contributed by atoms with Crippen LogP contribution in [0.1, 0.15) is 41.3 Å². The van der Waals surface area contributed by atoms with Crippen LogP contribution in [0, 0.1) is 11.3 Å². The Morgan fingerprint density at radius 1 is 1.04 bits per heavy atom. The molecule has 0 radical (unpaired) electrons. The van der Waals surface area contributed by atoms with Crippen molar-refractivity contribution in [3.63, 3.8) is 0 Å². The smallest absolute Gasteiger partial charge is 0.258 e. The van der Waals surface area contributed by atoms with Crippen LogP contribution >= 0.6 is 0 Å². The minimum Gasteiger partial charge on any atom is -0.324 e. The lowest BCUT2D eigenvalue weighted by Crippen LogP contribution is -2.13. The number of hydrogen-bond donors (Lipinski definition) is 2. The SMILES string of the molecule is CC(C)c1ccccc1Nc1ncc(C(=O)Nc2ccc(C#N)cc2)cn1. The fourth-order valence-corrected chi connectivity index (χ4v) is 2.58. The second-order valence-electron chi connectivity index (χ2n) is 6.31. The largest absolute Gasteiger partial charge is 0.324 e. The molecule has 2 aromatic carbocycles. The van der Waals surface area contributed by atoms with E-state index in [9.17, 15) is 4.79 Å². The third kappa shape index (κ3) is 4.47. The molecule has 6 heteroatoms. The van der Waals surface area contributed by atoms with Crippen LogP contribution < -0.4 is 10.6 Å². The van der Waals surface area contributed by atoms with Crippen LogP contribution in [0.5, 0.6) is 0 Å². The van der Waals surface area contributed by atoms with Crippen molar-refractivity contribution in [1.82, 2.24) is 9.97 Å². The van der Waals surface area contributed by atoms with E-state index in [1.165, 1.54) is 18.0 Å². The van der Waals surface area contributed by atoms with Crippen molar-refractivity contribution in [3.05, 3.63) is 77.6 Å². The van der Waals surface area contributed by atoms with Crippen molar-refractivity contribution in [2.45, 2.75) is 19.8 Å². The van der Waals surface area contributed by atoms with Crippen molar-refractivity contribution < 1.29 is 4.79 Å². The van der Waals surface area contributed by atoms with Gasteiger partial charge in [0, 0.05) is 23.8 Å². The molecule has 1 aromatic heterocycles. The van der Waals surface area contributed by atoms with Gasteiger partial charge in [-0.15, -0.1) is 0 Å². The number of aromatic nitrogens is 2. The molecule has 3 rings (SSSR count).